The van der Waals surface area contributed by atoms with Crippen molar-refractivity contribution >= 4 is 5.95 Å². The van der Waals surface area contributed by atoms with E-state index in [2.05, 4.69) is 20.4 Å². The van der Waals surface area contributed by atoms with Gasteiger partial charge in [-0.05, 0) is 37.5 Å². The van der Waals surface area contributed by atoms with E-state index in [-0.39, 0.29) is 11.9 Å². The molecule has 1 saturated heterocycles. The van der Waals surface area contributed by atoms with Crippen molar-refractivity contribution in [2.75, 3.05) is 11.9 Å². The van der Waals surface area contributed by atoms with Crippen LogP contribution in [0.25, 0.3) is 11.3 Å². The molecule has 0 saturated carbocycles. The highest BCUT2D eigenvalue weighted by molar-refractivity contribution is 5.61. The highest BCUT2D eigenvalue weighted by atomic mass is 19.1. The molecule has 26 heavy (non-hydrogen) atoms. The summed E-state index contributed by atoms with van der Waals surface area (Å²) in [4.78, 5) is 9.05. The van der Waals surface area contributed by atoms with Gasteiger partial charge in [0.25, 0.3) is 0 Å². The Kier molecular flexibility index (Phi) is 4.62. The summed E-state index contributed by atoms with van der Waals surface area (Å²) < 4.78 is 24.2. The molecule has 0 radical (unpaired) electrons. The zero-order valence-corrected chi connectivity index (χ0v) is 14.4. The quantitative estimate of drug-likeness (QED) is 0.745. The number of halogens is 1. The van der Waals surface area contributed by atoms with E-state index in [1.165, 1.54) is 12.1 Å². The van der Waals surface area contributed by atoms with Gasteiger partial charge in [-0.1, -0.05) is 17.3 Å². The minimum atomic E-state index is -0.252. The zero-order valence-electron chi connectivity index (χ0n) is 14.4. The molecular weight excluding hydrogens is 335 g/mol. The van der Waals surface area contributed by atoms with Gasteiger partial charge in [0.2, 0.25) is 5.95 Å². The molecule has 1 aliphatic rings. The van der Waals surface area contributed by atoms with E-state index in [0.29, 0.717) is 18.3 Å². The molecule has 1 aliphatic heterocycles. The van der Waals surface area contributed by atoms with E-state index in [1.807, 2.05) is 13.0 Å². The van der Waals surface area contributed by atoms with Crippen LogP contribution in [0.15, 0.2) is 41.1 Å². The number of rotatable bonds is 5. The van der Waals surface area contributed by atoms with Gasteiger partial charge in [-0.25, -0.2) is 14.4 Å². The maximum absolute atomic E-state index is 13.0. The van der Waals surface area contributed by atoms with Gasteiger partial charge >= 0.3 is 0 Å². The normalized spacial score (nSPS) is 16.8. The molecule has 6 nitrogen and oxygen atoms in total. The zero-order chi connectivity index (χ0) is 17.9. The molecule has 1 N–H and O–H groups in total. The van der Waals surface area contributed by atoms with E-state index >= 15 is 0 Å². The number of aromatic nitrogens is 3. The summed E-state index contributed by atoms with van der Waals surface area (Å²) in [5.41, 5.74) is 3.35. The average Bonchev–Trinajstić information content (AvgIpc) is 3.33. The van der Waals surface area contributed by atoms with Gasteiger partial charge in [0.1, 0.15) is 11.9 Å². The number of hydrogen-bond donors (Lipinski definition) is 1. The fourth-order valence-electron chi connectivity index (χ4n) is 2.98. The second kappa shape index (κ2) is 7.21. The standard InChI is InChI=1S/C19H19FN4O2/c1-12-9-17(26-24-12)15-11-22-19(23-18(15)16-3-2-8-25-16)21-10-13-4-6-14(20)7-5-13/h4-7,9,11,16H,2-3,8,10H2,1H3,(H,21,22,23)/t16-/m1/s1. The van der Waals surface area contributed by atoms with E-state index < -0.39 is 0 Å². The summed E-state index contributed by atoms with van der Waals surface area (Å²) in [5, 5.41) is 7.13. The number of anilines is 1. The third-order valence-electron chi connectivity index (χ3n) is 4.31. The highest BCUT2D eigenvalue weighted by Crippen LogP contribution is 2.34. The Bertz CT molecular complexity index is 889. The number of ether oxygens (including phenoxy) is 1. The lowest BCUT2D eigenvalue weighted by molar-refractivity contribution is 0.109. The molecule has 1 aromatic carbocycles. The summed E-state index contributed by atoms with van der Waals surface area (Å²) in [6.07, 6.45) is 3.57. The maximum Gasteiger partial charge on any atom is 0.223 e. The van der Waals surface area contributed by atoms with Crippen molar-refractivity contribution in [1.29, 1.82) is 0 Å². The van der Waals surface area contributed by atoms with Crippen molar-refractivity contribution in [2.24, 2.45) is 0 Å². The molecule has 1 fully saturated rings. The maximum atomic E-state index is 13.0. The van der Waals surface area contributed by atoms with Crippen LogP contribution >= 0.6 is 0 Å². The van der Waals surface area contributed by atoms with E-state index in [1.54, 1.807) is 18.3 Å². The SMILES string of the molecule is Cc1cc(-c2cnc(NCc3ccc(F)cc3)nc2[C@H]2CCCO2)on1. The summed E-state index contributed by atoms with van der Waals surface area (Å²) in [5.74, 6) is 0.885. The van der Waals surface area contributed by atoms with E-state index in [0.717, 1.165) is 42.0 Å². The van der Waals surface area contributed by atoms with Crippen LogP contribution in [0.2, 0.25) is 0 Å². The lowest BCUT2D eigenvalue weighted by Crippen LogP contribution is -2.09. The van der Waals surface area contributed by atoms with Gasteiger partial charge in [-0.2, -0.15) is 0 Å². The third kappa shape index (κ3) is 3.57. The van der Waals surface area contributed by atoms with Crippen molar-refractivity contribution in [3.63, 3.8) is 0 Å². The van der Waals surface area contributed by atoms with Crippen molar-refractivity contribution in [3.05, 3.63) is 59.3 Å². The van der Waals surface area contributed by atoms with Crippen LogP contribution in [-0.4, -0.2) is 21.7 Å². The van der Waals surface area contributed by atoms with Crippen LogP contribution in [-0.2, 0) is 11.3 Å². The molecule has 1 atom stereocenters. The second-order valence-corrected chi connectivity index (χ2v) is 6.31. The Morgan fingerprint density at radius 2 is 2.12 bits per heavy atom. The molecule has 4 rings (SSSR count). The minimum Gasteiger partial charge on any atom is -0.372 e. The fourth-order valence-corrected chi connectivity index (χ4v) is 2.98. The predicted octanol–water partition coefficient (Wildman–Crippen LogP) is 4.04. The smallest absolute Gasteiger partial charge is 0.223 e. The molecule has 0 amide bonds. The molecule has 0 unspecified atom stereocenters. The number of nitrogens with zero attached hydrogens (tertiary/aromatic N) is 3. The van der Waals surface area contributed by atoms with Gasteiger partial charge in [-0.15, -0.1) is 0 Å². The molecule has 2 aromatic heterocycles. The Labute approximate surface area is 150 Å². The molecule has 3 heterocycles. The molecule has 134 valence electrons. The number of nitrogens with one attached hydrogen (secondary N) is 1. The summed E-state index contributed by atoms with van der Waals surface area (Å²) >= 11 is 0. The van der Waals surface area contributed by atoms with E-state index in [9.17, 15) is 4.39 Å². The van der Waals surface area contributed by atoms with Gasteiger partial charge in [-0.3, -0.25) is 0 Å². The van der Waals surface area contributed by atoms with Crippen molar-refractivity contribution in [1.82, 2.24) is 15.1 Å². The number of hydrogen-bond acceptors (Lipinski definition) is 6. The van der Waals surface area contributed by atoms with Crippen LogP contribution in [0.1, 0.15) is 35.9 Å². The summed E-state index contributed by atoms with van der Waals surface area (Å²) in [6, 6.07) is 8.20. The number of aryl methyl sites for hydroxylation is 1. The Hall–Kier alpha value is -2.80. The molecule has 0 bridgehead atoms. The molecule has 0 spiro atoms. The van der Waals surface area contributed by atoms with Gasteiger partial charge < -0.3 is 14.6 Å². The summed E-state index contributed by atoms with van der Waals surface area (Å²) in [7, 11) is 0. The topological polar surface area (TPSA) is 73.1 Å². The molecular formula is C19H19FN4O2. The van der Waals surface area contributed by atoms with Crippen LogP contribution in [0.4, 0.5) is 10.3 Å². The van der Waals surface area contributed by atoms with Crippen LogP contribution in [0, 0.1) is 12.7 Å². The summed E-state index contributed by atoms with van der Waals surface area (Å²) in [6.45, 7) is 3.10. The molecule has 3 aromatic rings. The number of benzene rings is 1. The van der Waals surface area contributed by atoms with Crippen molar-refractivity contribution in [2.45, 2.75) is 32.4 Å². The van der Waals surface area contributed by atoms with Gasteiger partial charge in [0.05, 0.1) is 17.0 Å². The Morgan fingerprint density at radius 3 is 2.81 bits per heavy atom. The molecule has 0 aliphatic carbocycles. The first-order valence-electron chi connectivity index (χ1n) is 8.59. The largest absolute Gasteiger partial charge is 0.372 e. The lowest BCUT2D eigenvalue weighted by Gasteiger charge is -2.14. The van der Waals surface area contributed by atoms with E-state index in [4.69, 9.17) is 9.26 Å². The van der Waals surface area contributed by atoms with Crippen molar-refractivity contribution in [3.8, 4) is 11.3 Å². The first-order valence-corrected chi connectivity index (χ1v) is 8.59. The molecule has 7 heteroatoms. The Balaban J connectivity index is 1.60. The fraction of sp³-hybridized carbons (Fsp3) is 0.316. The first kappa shape index (κ1) is 16.7. The average molecular weight is 354 g/mol. The minimum absolute atomic E-state index is 0.0789. The van der Waals surface area contributed by atoms with Gasteiger partial charge in [0.15, 0.2) is 5.76 Å². The third-order valence-corrected chi connectivity index (χ3v) is 4.31. The Morgan fingerprint density at radius 1 is 1.27 bits per heavy atom. The van der Waals surface area contributed by atoms with Crippen LogP contribution in [0.3, 0.4) is 0 Å². The predicted molar refractivity (Wildman–Crippen MR) is 93.9 cm³/mol. The van der Waals surface area contributed by atoms with Crippen molar-refractivity contribution < 1.29 is 13.7 Å². The lowest BCUT2D eigenvalue weighted by atomic mass is 10.1. The first-order chi connectivity index (χ1) is 12.7. The second-order valence-electron chi connectivity index (χ2n) is 6.31. The highest BCUT2D eigenvalue weighted by Gasteiger charge is 2.25. The van der Waals surface area contributed by atoms with Crippen LogP contribution < -0.4 is 5.32 Å². The van der Waals surface area contributed by atoms with Crippen LogP contribution in [0.5, 0.6) is 0 Å². The monoisotopic (exact) mass is 354 g/mol. The van der Waals surface area contributed by atoms with Gasteiger partial charge in [0, 0.05) is 25.4 Å².